The molecule has 2 fully saturated rings. The third-order valence-electron chi connectivity index (χ3n) is 4.07. The zero-order valence-electron chi connectivity index (χ0n) is 12.1. The van der Waals surface area contributed by atoms with Gasteiger partial charge in [0.15, 0.2) is 5.78 Å². The molecule has 5 heteroatoms. The van der Waals surface area contributed by atoms with Crippen LogP contribution in [0.2, 0.25) is 0 Å². The lowest BCUT2D eigenvalue weighted by molar-refractivity contribution is 0.0972. The Labute approximate surface area is 128 Å². The monoisotopic (exact) mass is 310 g/mol. The topological polar surface area (TPSA) is 46.3 Å². The molecule has 1 aromatic heterocycles. The van der Waals surface area contributed by atoms with Crippen LogP contribution in [0, 0.1) is 5.92 Å². The summed E-state index contributed by atoms with van der Waals surface area (Å²) in [6.07, 6.45) is 3.25. The Morgan fingerprint density at radius 1 is 1.40 bits per heavy atom. The van der Waals surface area contributed by atoms with Crippen LogP contribution in [0.3, 0.4) is 0 Å². The van der Waals surface area contributed by atoms with Gasteiger partial charge in [0.2, 0.25) is 0 Å². The van der Waals surface area contributed by atoms with E-state index in [0.717, 1.165) is 36.6 Å². The highest BCUT2D eigenvalue weighted by Gasteiger charge is 2.33. The number of thioether (sulfide) groups is 1. The third kappa shape index (κ3) is 2.98. The van der Waals surface area contributed by atoms with E-state index in [0.29, 0.717) is 10.4 Å². The average molecular weight is 310 g/mol. The minimum absolute atomic E-state index is 0.252. The number of anilines is 2. The number of carbonyl (C=O) groups excluding carboxylic acids is 1. The average Bonchev–Trinajstić information content (AvgIpc) is 3.17. The summed E-state index contributed by atoms with van der Waals surface area (Å²) in [5.74, 6) is 1.65. The van der Waals surface area contributed by atoms with Gasteiger partial charge in [-0.3, -0.25) is 4.79 Å². The van der Waals surface area contributed by atoms with Crippen molar-refractivity contribution < 1.29 is 4.79 Å². The molecule has 0 atom stereocenters. The maximum absolute atomic E-state index is 12.2. The summed E-state index contributed by atoms with van der Waals surface area (Å²) in [4.78, 5) is 15.4. The first kappa shape index (κ1) is 14.3. The van der Waals surface area contributed by atoms with Crippen molar-refractivity contribution in [2.75, 3.05) is 29.5 Å². The second-order valence-corrected chi connectivity index (χ2v) is 9.19. The van der Waals surface area contributed by atoms with Gasteiger partial charge < -0.3 is 10.6 Å². The molecule has 2 heterocycles. The van der Waals surface area contributed by atoms with Crippen LogP contribution in [0.25, 0.3) is 0 Å². The Morgan fingerprint density at radius 2 is 2.15 bits per heavy atom. The lowest BCUT2D eigenvalue weighted by Crippen LogP contribution is -2.26. The van der Waals surface area contributed by atoms with Crippen molar-refractivity contribution in [3.8, 4) is 0 Å². The van der Waals surface area contributed by atoms with E-state index in [-0.39, 0.29) is 11.7 Å². The predicted octanol–water partition coefficient (Wildman–Crippen LogP) is 3.64. The van der Waals surface area contributed by atoms with E-state index in [4.69, 9.17) is 5.73 Å². The van der Waals surface area contributed by atoms with Crippen molar-refractivity contribution in [1.82, 2.24) is 0 Å². The van der Waals surface area contributed by atoms with Crippen LogP contribution in [-0.4, -0.2) is 29.4 Å². The van der Waals surface area contributed by atoms with Crippen LogP contribution in [0.4, 0.5) is 10.7 Å². The second kappa shape index (κ2) is 5.26. The van der Waals surface area contributed by atoms with Crippen LogP contribution >= 0.6 is 23.1 Å². The second-order valence-electron chi connectivity index (χ2n) is 6.35. The molecule has 1 saturated heterocycles. The Balaban J connectivity index is 1.77. The van der Waals surface area contributed by atoms with E-state index in [1.165, 1.54) is 11.4 Å². The molecule has 1 aliphatic heterocycles. The number of thiophene rings is 1. The van der Waals surface area contributed by atoms with E-state index < -0.39 is 0 Å². The molecular weight excluding hydrogens is 288 g/mol. The smallest absolute Gasteiger partial charge is 0.178 e. The quantitative estimate of drug-likeness (QED) is 0.866. The van der Waals surface area contributed by atoms with Gasteiger partial charge >= 0.3 is 0 Å². The highest BCUT2D eigenvalue weighted by atomic mass is 32.2. The molecule has 110 valence electrons. The number of nitrogen functional groups attached to an aromatic ring is 1. The molecule has 3 nitrogen and oxygen atoms in total. The summed E-state index contributed by atoms with van der Waals surface area (Å²) in [5.41, 5.74) is 6.74. The van der Waals surface area contributed by atoms with Gasteiger partial charge in [0.05, 0.1) is 15.6 Å². The zero-order valence-corrected chi connectivity index (χ0v) is 13.8. The molecule has 0 spiro atoms. The number of nitrogens with two attached hydrogens (primary N) is 1. The van der Waals surface area contributed by atoms with E-state index in [1.807, 2.05) is 17.8 Å². The fourth-order valence-electron chi connectivity index (χ4n) is 2.51. The maximum Gasteiger partial charge on any atom is 0.178 e. The first-order valence-electron chi connectivity index (χ1n) is 7.29. The SMILES string of the molecule is CC1(C)CCN(c2cc(N)c(C(=O)C3CC3)s2)CCS1. The normalized spacial score (nSPS) is 22.6. The van der Waals surface area contributed by atoms with Gasteiger partial charge in [-0.2, -0.15) is 11.8 Å². The van der Waals surface area contributed by atoms with Gasteiger partial charge in [0.1, 0.15) is 0 Å². The highest BCUT2D eigenvalue weighted by molar-refractivity contribution is 8.00. The summed E-state index contributed by atoms with van der Waals surface area (Å²) >= 11 is 3.63. The number of Topliss-reactive ketones (excluding diaryl/α,β-unsaturated/α-hetero) is 1. The van der Waals surface area contributed by atoms with Crippen molar-refractivity contribution in [3.63, 3.8) is 0 Å². The summed E-state index contributed by atoms with van der Waals surface area (Å²) in [6.45, 7) is 6.72. The molecule has 0 aromatic carbocycles. The molecule has 1 aliphatic carbocycles. The predicted molar refractivity (Wildman–Crippen MR) is 89.2 cm³/mol. The van der Waals surface area contributed by atoms with Gasteiger partial charge in [-0.25, -0.2) is 0 Å². The molecule has 0 bridgehead atoms. The van der Waals surface area contributed by atoms with Crippen LogP contribution in [0.15, 0.2) is 6.07 Å². The van der Waals surface area contributed by atoms with Crippen LogP contribution in [0.5, 0.6) is 0 Å². The summed E-state index contributed by atoms with van der Waals surface area (Å²) < 4.78 is 0.351. The molecule has 0 unspecified atom stereocenters. The Bertz CT molecular complexity index is 520. The molecule has 20 heavy (non-hydrogen) atoms. The van der Waals surface area contributed by atoms with Crippen molar-refractivity contribution >= 4 is 39.6 Å². The van der Waals surface area contributed by atoms with E-state index >= 15 is 0 Å². The van der Waals surface area contributed by atoms with Gasteiger partial charge in [0, 0.05) is 29.5 Å². The van der Waals surface area contributed by atoms with Crippen molar-refractivity contribution in [2.45, 2.75) is 37.9 Å². The lowest BCUT2D eigenvalue weighted by atomic mass is 10.1. The molecule has 1 aromatic rings. The minimum atomic E-state index is 0.252. The number of carbonyl (C=O) groups is 1. The van der Waals surface area contributed by atoms with Crippen LogP contribution < -0.4 is 10.6 Å². The molecule has 2 N–H and O–H groups in total. The molecule has 0 radical (unpaired) electrons. The maximum atomic E-state index is 12.2. The van der Waals surface area contributed by atoms with E-state index in [1.54, 1.807) is 11.3 Å². The van der Waals surface area contributed by atoms with E-state index in [2.05, 4.69) is 18.7 Å². The van der Waals surface area contributed by atoms with Gasteiger partial charge in [0.25, 0.3) is 0 Å². The number of ketones is 1. The Kier molecular flexibility index (Phi) is 3.75. The van der Waals surface area contributed by atoms with Crippen molar-refractivity contribution in [1.29, 1.82) is 0 Å². The van der Waals surface area contributed by atoms with Gasteiger partial charge in [-0.05, 0) is 25.3 Å². The fraction of sp³-hybridized carbons (Fsp3) is 0.667. The highest BCUT2D eigenvalue weighted by Crippen LogP contribution is 2.41. The first-order chi connectivity index (χ1) is 9.46. The van der Waals surface area contributed by atoms with Crippen molar-refractivity contribution in [2.24, 2.45) is 5.92 Å². The first-order valence-corrected chi connectivity index (χ1v) is 9.09. The van der Waals surface area contributed by atoms with Crippen LogP contribution in [-0.2, 0) is 0 Å². The van der Waals surface area contributed by atoms with Gasteiger partial charge in [-0.15, -0.1) is 11.3 Å². The molecular formula is C15H22N2OS2. The number of rotatable bonds is 3. The molecule has 3 rings (SSSR count). The zero-order chi connectivity index (χ0) is 14.3. The third-order valence-corrected chi connectivity index (χ3v) is 6.67. The summed E-state index contributed by atoms with van der Waals surface area (Å²) in [6, 6.07) is 2.00. The number of hydrogen-bond acceptors (Lipinski definition) is 5. The fourth-order valence-corrected chi connectivity index (χ4v) is 4.76. The van der Waals surface area contributed by atoms with Gasteiger partial charge in [-0.1, -0.05) is 13.8 Å². The Hall–Kier alpha value is -0.680. The lowest BCUT2D eigenvalue weighted by Gasteiger charge is -2.22. The Morgan fingerprint density at radius 3 is 2.85 bits per heavy atom. The largest absolute Gasteiger partial charge is 0.397 e. The number of hydrogen-bond donors (Lipinski definition) is 1. The minimum Gasteiger partial charge on any atom is -0.397 e. The van der Waals surface area contributed by atoms with Crippen molar-refractivity contribution in [3.05, 3.63) is 10.9 Å². The molecule has 2 aliphatic rings. The number of nitrogens with zero attached hydrogens (tertiary/aromatic N) is 1. The van der Waals surface area contributed by atoms with E-state index in [9.17, 15) is 4.79 Å². The summed E-state index contributed by atoms with van der Waals surface area (Å²) in [7, 11) is 0. The van der Waals surface area contributed by atoms with Crippen LogP contribution in [0.1, 0.15) is 42.8 Å². The summed E-state index contributed by atoms with van der Waals surface area (Å²) in [5, 5.41) is 1.17. The standard InChI is InChI=1S/C15H22N2OS2/c1-15(2)5-6-17(7-8-19-15)12-9-11(16)14(20-12)13(18)10-3-4-10/h9-10H,3-8,16H2,1-2H3. The molecule has 0 amide bonds. The molecule has 1 saturated carbocycles.